The fourth-order valence-electron chi connectivity index (χ4n) is 8.23. The zero-order valence-corrected chi connectivity index (χ0v) is 23.7. The van der Waals surface area contributed by atoms with Gasteiger partial charge in [0, 0.05) is 23.1 Å². The lowest BCUT2D eigenvalue weighted by Gasteiger charge is -2.56. The van der Waals surface area contributed by atoms with Gasteiger partial charge in [-0.25, -0.2) is 4.98 Å². The number of aryl methyl sites for hydroxylation is 1. The van der Waals surface area contributed by atoms with Gasteiger partial charge < -0.3 is 5.11 Å². The second-order valence-corrected chi connectivity index (χ2v) is 13.3. The Hall–Kier alpha value is -2.65. The summed E-state index contributed by atoms with van der Waals surface area (Å²) < 4.78 is 71.7. The predicted octanol–water partition coefficient (Wildman–Crippen LogP) is 8.45. The van der Waals surface area contributed by atoms with Crippen molar-refractivity contribution in [1.29, 1.82) is 0 Å². The van der Waals surface area contributed by atoms with Crippen LogP contribution in [0.15, 0.2) is 52.4 Å². The number of carbonyl (C=O) groups excluding carboxylic acids is 1. The van der Waals surface area contributed by atoms with Gasteiger partial charge in [0.05, 0.1) is 10.7 Å². The van der Waals surface area contributed by atoms with Gasteiger partial charge in [0.25, 0.3) is 0 Å². The highest BCUT2D eigenvalue weighted by Gasteiger charge is 2.79. The Kier molecular flexibility index (Phi) is 6.73. The van der Waals surface area contributed by atoms with E-state index in [1.54, 1.807) is 6.08 Å². The van der Waals surface area contributed by atoms with E-state index in [1.807, 2.05) is 48.7 Å². The van der Waals surface area contributed by atoms with Gasteiger partial charge in [-0.15, -0.1) is 11.3 Å². The monoisotopic (exact) mass is 589 g/mol. The molecule has 5 atom stereocenters. The van der Waals surface area contributed by atoms with E-state index >= 15 is 8.78 Å². The van der Waals surface area contributed by atoms with E-state index in [9.17, 15) is 23.1 Å². The van der Waals surface area contributed by atoms with E-state index < -0.39 is 41.4 Å². The lowest BCUT2D eigenvalue weighted by molar-refractivity contribution is -0.362. The van der Waals surface area contributed by atoms with E-state index in [4.69, 9.17) is 0 Å². The highest BCUT2D eigenvalue weighted by molar-refractivity contribution is 7.09. The number of hydrogen-bond donors (Lipinski definition) is 1. The fourth-order valence-corrected chi connectivity index (χ4v) is 8.81. The van der Waals surface area contributed by atoms with Crippen molar-refractivity contribution in [2.45, 2.75) is 82.4 Å². The number of allylic oxidation sites excluding steroid dienone is 4. The number of carbonyl (C=O) groups is 1. The van der Waals surface area contributed by atoms with Crippen LogP contribution in [0, 0.1) is 24.2 Å². The zero-order valence-electron chi connectivity index (χ0n) is 22.9. The molecule has 1 aromatic carbocycles. The van der Waals surface area contributed by atoms with Gasteiger partial charge in [0.15, 0.2) is 5.78 Å². The molecule has 0 unspecified atom stereocenters. The first-order chi connectivity index (χ1) is 19.2. The topological polar surface area (TPSA) is 50.2 Å². The number of nitrogens with zero attached hydrogens (tertiary/aromatic N) is 1. The number of halogens is 5. The smallest absolute Gasteiger partial charge is 0.383 e. The van der Waals surface area contributed by atoms with Gasteiger partial charge >= 0.3 is 12.1 Å². The number of aromatic nitrogens is 1. The fraction of sp³-hybridized carbons (Fsp3) is 0.500. The van der Waals surface area contributed by atoms with Gasteiger partial charge in [-0.05, 0) is 91.7 Å². The molecule has 1 N–H and O–H groups in total. The van der Waals surface area contributed by atoms with Crippen LogP contribution < -0.4 is 0 Å². The lowest BCUT2D eigenvalue weighted by atomic mass is 9.50. The molecule has 0 spiro atoms. The first-order valence-corrected chi connectivity index (χ1v) is 15.0. The summed E-state index contributed by atoms with van der Waals surface area (Å²) in [6.07, 6.45) is 1.12. The van der Waals surface area contributed by atoms with Crippen LogP contribution in [-0.2, 0) is 4.79 Å². The van der Waals surface area contributed by atoms with Crippen molar-refractivity contribution in [2.75, 3.05) is 0 Å². The molecule has 9 heteroatoms. The third-order valence-electron chi connectivity index (χ3n) is 10.2. The molecule has 0 aliphatic heterocycles. The number of ketones is 1. The number of hydrogen-bond acceptors (Lipinski definition) is 4. The Bertz CT molecular complexity index is 1490. The Morgan fingerprint density at radius 2 is 1.88 bits per heavy atom. The van der Waals surface area contributed by atoms with Crippen molar-refractivity contribution in [1.82, 2.24) is 4.98 Å². The highest BCUT2D eigenvalue weighted by atomic mass is 32.1. The largest absolute Gasteiger partial charge is 0.456 e. The first kappa shape index (κ1) is 28.5. The van der Waals surface area contributed by atoms with Crippen LogP contribution in [0.4, 0.5) is 22.0 Å². The van der Waals surface area contributed by atoms with Gasteiger partial charge in [0.1, 0.15) is 5.60 Å². The van der Waals surface area contributed by atoms with Gasteiger partial charge in [-0.3, -0.25) is 4.79 Å². The van der Waals surface area contributed by atoms with Crippen molar-refractivity contribution in [3.63, 3.8) is 0 Å². The maximum Gasteiger partial charge on any atom is 0.456 e. The molecule has 6 rings (SSSR count). The summed E-state index contributed by atoms with van der Waals surface area (Å²) in [4.78, 5) is 16.7. The SMILES string of the molecule is Cc1nc(/C=C/c2cccc([C@H]3C[C@@]4(C)[C@@H](CC[C@@]4(O)C(F)(F)C(F)(F)F)[C@@H]4CCC5=CC(=O)CCC5=C43)c2)cs1. The summed E-state index contributed by atoms with van der Waals surface area (Å²) in [6.45, 7) is 3.37. The normalized spacial score (nSPS) is 32.1. The van der Waals surface area contributed by atoms with Gasteiger partial charge in [-0.1, -0.05) is 42.8 Å². The summed E-state index contributed by atoms with van der Waals surface area (Å²) in [6, 6.07) is 7.63. The maximum atomic E-state index is 15.2. The van der Waals surface area contributed by atoms with Gasteiger partial charge in [0.2, 0.25) is 0 Å². The molecule has 1 aromatic heterocycles. The molecule has 0 bridgehead atoms. The molecule has 2 aromatic rings. The number of benzene rings is 1. The van der Waals surface area contributed by atoms with E-state index in [2.05, 4.69) is 4.98 Å². The molecule has 0 radical (unpaired) electrons. The summed E-state index contributed by atoms with van der Waals surface area (Å²) in [5.41, 5.74) is 0.696. The summed E-state index contributed by atoms with van der Waals surface area (Å²) >= 11 is 1.54. The minimum atomic E-state index is -5.86. The summed E-state index contributed by atoms with van der Waals surface area (Å²) in [5.74, 6) is -6.41. The van der Waals surface area contributed by atoms with Crippen molar-refractivity contribution in [3.8, 4) is 0 Å². The number of aliphatic hydroxyl groups is 1. The van der Waals surface area contributed by atoms with E-state index in [0.29, 0.717) is 25.7 Å². The van der Waals surface area contributed by atoms with Crippen LogP contribution in [0.3, 0.4) is 0 Å². The molecule has 2 saturated carbocycles. The van der Waals surface area contributed by atoms with Gasteiger partial charge in [-0.2, -0.15) is 22.0 Å². The third kappa shape index (κ3) is 4.37. The molecule has 4 aliphatic rings. The molecular formula is C32H32F5NO2S. The third-order valence-corrected chi connectivity index (χ3v) is 11.0. The summed E-state index contributed by atoms with van der Waals surface area (Å²) in [5, 5.41) is 14.3. The van der Waals surface area contributed by atoms with E-state index in [1.165, 1.54) is 18.3 Å². The molecule has 0 saturated heterocycles. The zero-order chi connectivity index (χ0) is 29.4. The summed E-state index contributed by atoms with van der Waals surface area (Å²) in [7, 11) is 0. The standard InChI is InChI=1S/C32H32F5NO2S/c1-18-38-22(17-41-18)8-6-19-4-3-5-20(14-19)26-16-29(2)27(12-13-30(29,40)31(33,34)32(35,36)37)25-10-7-21-15-23(39)9-11-24(21)28(25)26/h3-6,8,14-15,17,25-27,40H,7,9-13,16H2,1-2H3/b8-6+/t25-,26+,27-,29-,30-/m0/s1. The lowest BCUT2D eigenvalue weighted by Crippen LogP contribution is -2.65. The minimum Gasteiger partial charge on any atom is -0.383 e. The predicted molar refractivity (Wildman–Crippen MR) is 148 cm³/mol. The highest BCUT2D eigenvalue weighted by Crippen LogP contribution is 2.70. The first-order valence-electron chi connectivity index (χ1n) is 14.1. The Balaban J connectivity index is 1.48. The molecule has 218 valence electrons. The molecule has 3 nitrogen and oxygen atoms in total. The number of thiazole rings is 1. The average Bonchev–Trinajstić information content (AvgIpc) is 3.46. The Labute approximate surface area is 239 Å². The van der Waals surface area contributed by atoms with Crippen LogP contribution in [0.1, 0.15) is 79.6 Å². The Morgan fingerprint density at radius 3 is 2.59 bits per heavy atom. The molecule has 0 amide bonds. The van der Waals surface area contributed by atoms with Crippen LogP contribution >= 0.6 is 11.3 Å². The molecule has 1 heterocycles. The number of fused-ring (bicyclic) bond motifs is 4. The van der Waals surface area contributed by atoms with Crippen LogP contribution in [-0.4, -0.2) is 33.6 Å². The second-order valence-electron chi connectivity index (χ2n) is 12.3. The second kappa shape index (κ2) is 9.69. The van der Waals surface area contributed by atoms with Crippen molar-refractivity contribution in [3.05, 3.63) is 74.3 Å². The molecule has 4 aliphatic carbocycles. The minimum absolute atomic E-state index is 0.0329. The average molecular weight is 590 g/mol. The van der Waals surface area contributed by atoms with E-state index in [0.717, 1.165) is 38.5 Å². The molecule has 41 heavy (non-hydrogen) atoms. The van der Waals surface area contributed by atoms with Crippen LogP contribution in [0.25, 0.3) is 12.2 Å². The van der Waals surface area contributed by atoms with E-state index in [-0.39, 0.29) is 24.5 Å². The quantitative estimate of drug-likeness (QED) is 0.364. The number of alkyl halides is 5. The van der Waals surface area contributed by atoms with Crippen molar-refractivity contribution >= 4 is 29.3 Å². The molecule has 2 fully saturated rings. The molecular weight excluding hydrogens is 557 g/mol. The Morgan fingerprint density at radius 1 is 1.10 bits per heavy atom. The van der Waals surface area contributed by atoms with Crippen LogP contribution in [0.5, 0.6) is 0 Å². The maximum absolute atomic E-state index is 15.2. The van der Waals surface area contributed by atoms with Crippen molar-refractivity contribution in [2.24, 2.45) is 17.3 Å². The number of rotatable bonds is 4. The van der Waals surface area contributed by atoms with Crippen LogP contribution in [0.2, 0.25) is 0 Å². The van der Waals surface area contributed by atoms with Crippen molar-refractivity contribution < 1.29 is 31.9 Å².